The second-order valence-electron chi connectivity index (χ2n) is 7.00. The third kappa shape index (κ3) is 4.26. The van der Waals surface area contributed by atoms with Crippen molar-refractivity contribution in [2.45, 2.75) is 11.3 Å². The van der Waals surface area contributed by atoms with Crippen molar-refractivity contribution in [3.63, 3.8) is 0 Å². The number of ketones is 1. The molecule has 0 amide bonds. The molecule has 31 heavy (non-hydrogen) atoms. The number of nitrogens with one attached hydrogen (secondary N) is 1. The van der Waals surface area contributed by atoms with E-state index in [1.165, 1.54) is 23.1 Å². The molecule has 0 saturated heterocycles. The first kappa shape index (κ1) is 20.9. The second kappa shape index (κ2) is 8.79. The van der Waals surface area contributed by atoms with Crippen LogP contribution >= 0.6 is 23.1 Å². The van der Waals surface area contributed by atoms with Crippen molar-refractivity contribution < 1.29 is 4.79 Å². The number of nitriles is 1. The summed E-state index contributed by atoms with van der Waals surface area (Å²) in [7, 11) is 3.73. The van der Waals surface area contributed by atoms with Crippen LogP contribution in [0.2, 0.25) is 0 Å². The smallest absolute Gasteiger partial charge is 0.210 e. The fourth-order valence-corrected chi connectivity index (χ4v) is 5.07. The van der Waals surface area contributed by atoms with Crippen LogP contribution in [0, 0.1) is 18.3 Å². The van der Waals surface area contributed by atoms with Gasteiger partial charge in [-0.05, 0) is 36.8 Å². The van der Waals surface area contributed by atoms with Crippen LogP contribution < -0.4 is 15.1 Å². The molecule has 2 aromatic carbocycles. The summed E-state index contributed by atoms with van der Waals surface area (Å²) < 4.78 is 0.669. The number of nitrogens with zero attached hydrogens (tertiary/aromatic N) is 5. The van der Waals surface area contributed by atoms with E-state index in [4.69, 9.17) is 0 Å². The molecule has 0 spiro atoms. The Hall–Kier alpha value is -3.35. The molecule has 0 radical (unpaired) electrons. The largest absolute Gasteiger partial charge is 0.330 e. The summed E-state index contributed by atoms with van der Waals surface area (Å²) in [5.41, 5.74) is 4.15. The number of hydrogen-bond acceptors (Lipinski definition) is 9. The molecule has 156 valence electrons. The van der Waals surface area contributed by atoms with Crippen LogP contribution in [-0.2, 0) is 4.79 Å². The maximum atomic E-state index is 12.9. The number of aryl methyl sites for hydroxylation is 1. The minimum Gasteiger partial charge on any atom is -0.330 e. The number of thioether (sulfide) groups is 1. The van der Waals surface area contributed by atoms with E-state index in [9.17, 15) is 10.1 Å². The molecule has 4 rings (SSSR count). The quantitative estimate of drug-likeness (QED) is 0.333. The van der Waals surface area contributed by atoms with E-state index in [-0.39, 0.29) is 17.1 Å². The van der Waals surface area contributed by atoms with Gasteiger partial charge in [0.25, 0.3) is 0 Å². The van der Waals surface area contributed by atoms with Gasteiger partial charge in [-0.25, -0.2) is 0 Å². The molecular weight excluding hydrogens is 428 g/mol. The molecule has 9 heteroatoms. The zero-order valence-corrected chi connectivity index (χ0v) is 18.9. The van der Waals surface area contributed by atoms with E-state index >= 15 is 0 Å². The Labute approximate surface area is 189 Å². The Morgan fingerprint density at radius 2 is 1.84 bits per heavy atom. The number of hydrogen-bond donors (Lipinski definition) is 1. The van der Waals surface area contributed by atoms with Crippen LogP contribution in [0.4, 0.5) is 22.2 Å². The Morgan fingerprint density at radius 3 is 2.48 bits per heavy atom. The van der Waals surface area contributed by atoms with Crippen molar-refractivity contribution in [3.8, 4) is 6.07 Å². The van der Waals surface area contributed by atoms with E-state index in [2.05, 4.69) is 21.6 Å². The predicted octanol–water partition coefficient (Wildman–Crippen LogP) is 4.57. The molecule has 1 N–H and O–H groups in total. The highest BCUT2D eigenvalue weighted by molar-refractivity contribution is 8.01. The minimum atomic E-state index is -0.239. The Bertz CT molecular complexity index is 1180. The average Bonchev–Trinajstić information content (AvgIpc) is 3.31. The zero-order valence-electron chi connectivity index (χ0n) is 17.3. The third-order valence-corrected chi connectivity index (χ3v) is 6.83. The van der Waals surface area contributed by atoms with Crippen molar-refractivity contribution >= 4 is 51.1 Å². The average molecular weight is 449 g/mol. The maximum absolute atomic E-state index is 12.9. The molecule has 2 heterocycles. The summed E-state index contributed by atoms with van der Waals surface area (Å²) in [5, 5.41) is 21.9. The van der Waals surface area contributed by atoms with Crippen molar-refractivity contribution in [1.82, 2.24) is 10.2 Å². The molecule has 0 unspecified atom stereocenters. The van der Waals surface area contributed by atoms with Gasteiger partial charge >= 0.3 is 0 Å². The molecule has 0 saturated carbocycles. The molecular formula is C22H20N6OS2. The lowest BCUT2D eigenvalue weighted by atomic mass is 10.2. The van der Waals surface area contributed by atoms with Gasteiger partial charge in [0.2, 0.25) is 5.13 Å². The monoisotopic (exact) mass is 448 g/mol. The Kier molecular flexibility index (Phi) is 5.93. The van der Waals surface area contributed by atoms with E-state index in [0.29, 0.717) is 15.3 Å². The second-order valence-corrected chi connectivity index (χ2v) is 9.20. The Balaban J connectivity index is 1.46. The number of rotatable bonds is 6. The molecule has 0 fully saturated rings. The van der Waals surface area contributed by atoms with E-state index in [0.717, 1.165) is 22.6 Å². The summed E-state index contributed by atoms with van der Waals surface area (Å²) in [4.78, 5) is 16.7. The molecule has 7 nitrogen and oxygen atoms in total. The van der Waals surface area contributed by atoms with Crippen LogP contribution in [0.5, 0.6) is 0 Å². The van der Waals surface area contributed by atoms with E-state index < -0.39 is 0 Å². The number of aromatic nitrogens is 2. The molecule has 3 aromatic rings. The highest BCUT2D eigenvalue weighted by Crippen LogP contribution is 2.40. The highest BCUT2D eigenvalue weighted by atomic mass is 32.2. The fraction of sp³-hybridized carbons (Fsp3) is 0.182. The van der Waals surface area contributed by atoms with Crippen LogP contribution in [0.3, 0.4) is 0 Å². The molecule has 1 aliphatic rings. The van der Waals surface area contributed by atoms with Gasteiger partial charge in [-0.3, -0.25) is 4.79 Å². The summed E-state index contributed by atoms with van der Waals surface area (Å²) in [6, 6.07) is 17.9. The maximum Gasteiger partial charge on any atom is 0.210 e. The zero-order chi connectivity index (χ0) is 22.0. The lowest BCUT2D eigenvalue weighted by molar-refractivity contribution is -0.112. The summed E-state index contributed by atoms with van der Waals surface area (Å²) in [6.45, 7) is 2.02. The molecule has 0 atom stereocenters. The van der Waals surface area contributed by atoms with Gasteiger partial charge in [0.05, 0.1) is 17.1 Å². The summed E-state index contributed by atoms with van der Waals surface area (Å²) in [5.74, 6) is 0.467. The van der Waals surface area contributed by atoms with Crippen molar-refractivity contribution in [3.05, 3.63) is 65.5 Å². The number of para-hydroxylation sites is 2. The van der Waals surface area contributed by atoms with Crippen molar-refractivity contribution in [2.24, 2.45) is 0 Å². The predicted molar refractivity (Wildman–Crippen MR) is 126 cm³/mol. The number of benzene rings is 2. The highest BCUT2D eigenvalue weighted by Gasteiger charge is 2.31. The third-order valence-electron chi connectivity index (χ3n) is 4.86. The van der Waals surface area contributed by atoms with Gasteiger partial charge in [0, 0.05) is 19.8 Å². The summed E-state index contributed by atoms with van der Waals surface area (Å²) in [6.07, 6.45) is 0. The van der Waals surface area contributed by atoms with Gasteiger partial charge in [-0.15, -0.1) is 10.2 Å². The van der Waals surface area contributed by atoms with Gasteiger partial charge in [-0.1, -0.05) is 47.4 Å². The molecule has 0 aliphatic carbocycles. The standard InChI is InChI=1S/C22H20N6OS2/c1-14-7-6-8-15(11-14)24-21-25-26-22(31-21)30-13-19(29)16(12-23)20-27(2)17-9-4-5-10-18(17)28(20)3/h4-11H,13H2,1-3H3,(H,24,25). The Morgan fingerprint density at radius 1 is 1.13 bits per heavy atom. The number of allylic oxidation sites excluding steroid dienone is 1. The first-order valence-electron chi connectivity index (χ1n) is 9.52. The molecule has 0 bridgehead atoms. The van der Waals surface area contributed by atoms with Gasteiger partial charge in [0.1, 0.15) is 17.5 Å². The minimum absolute atomic E-state index is 0.115. The fourth-order valence-electron chi connectivity index (χ4n) is 3.42. The number of carbonyl (C=O) groups is 1. The van der Waals surface area contributed by atoms with Crippen LogP contribution in [0.25, 0.3) is 0 Å². The van der Waals surface area contributed by atoms with Crippen molar-refractivity contribution in [2.75, 3.05) is 35.0 Å². The van der Waals surface area contributed by atoms with Crippen LogP contribution in [0.15, 0.2) is 64.3 Å². The number of fused-ring (bicyclic) bond motifs is 1. The normalized spacial score (nSPS) is 12.5. The number of carbonyl (C=O) groups excluding carboxylic acids is 1. The lowest BCUT2D eigenvalue weighted by Crippen LogP contribution is -2.26. The molecule has 1 aliphatic heterocycles. The van der Waals surface area contributed by atoms with E-state index in [1.54, 1.807) is 0 Å². The first-order valence-corrected chi connectivity index (χ1v) is 11.3. The number of Topliss-reactive ketones (excluding diaryl/α,β-unsaturated/α-hetero) is 1. The number of anilines is 4. The van der Waals surface area contributed by atoms with Crippen LogP contribution in [0.1, 0.15) is 5.56 Å². The topological polar surface area (TPSA) is 85.1 Å². The summed E-state index contributed by atoms with van der Waals surface area (Å²) >= 11 is 2.66. The van der Waals surface area contributed by atoms with Gasteiger partial charge < -0.3 is 15.1 Å². The first-order chi connectivity index (χ1) is 15.0. The van der Waals surface area contributed by atoms with Gasteiger partial charge in [0.15, 0.2) is 10.1 Å². The van der Waals surface area contributed by atoms with Crippen molar-refractivity contribution in [1.29, 1.82) is 5.26 Å². The van der Waals surface area contributed by atoms with Gasteiger partial charge in [-0.2, -0.15) is 5.26 Å². The lowest BCUT2D eigenvalue weighted by Gasteiger charge is -2.19. The van der Waals surface area contributed by atoms with Crippen LogP contribution in [-0.4, -0.2) is 35.8 Å². The SMILES string of the molecule is Cc1cccc(Nc2nnc(SCC(=O)C(C#N)=C3N(C)c4ccccc4N3C)s2)c1. The van der Waals surface area contributed by atoms with E-state index in [1.807, 2.05) is 79.3 Å². The molecule has 1 aromatic heterocycles.